The molecule has 0 radical (unpaired) electrons. The molecule has 0 spiro atoms. The van der Waals surface area contributed by atoms with E-state index < -0.39 is 0 Å². The number of ether oxygens (including phenoxy) is 1. The summed E-state index contributed by atoms with van der Waals surface area (Å²) in [6.07, 6.45) is 0.871. The van der Waals surface area contributed by atoms with Gasteiger partial charge in [-0.15, -0.1) is 0 Å². The van der Waals surface area contributed by atoms with E-state index in [1.165, 1.54) is 16.7 Å². The standard InChI is InChI=1S/C25H33N3O2S/c1-17(2)20-9-11-21(12-10-20)30-16-23(29)28(15-7-14-27(5)6)25-26-24-19(4)18(3)8-13-22(24)31-25/h8-13,17H,7,14-16H2,1-6H3. The number of aryl methyl sites for hydroxylation is 2. The molecule has 0 fully saturated rings. The third-order valence-corrected chi connectivity index (χ3v) is 6.55. The Kier molecular flexibility index (Phi) is 7.68. The fourth-order valence-corrected chi connectivity index (χ4v) is 4.44. The van der Waals surface area contributed by atoms with Crippen molar-refractivity contribution in [3.05, 3.63) is 53.1 Å². The van der Waals surface area contributed by atoms with Gasteiger partial charge >= 0.3 is 0 Å². The van der Waals surface area contributed by atoms with E-state index in [2.05, 4.69) is 56.9 Å². The minimum atomic E-state index is -0.0693. The van der Waals surface area contributed by atoms with E-state index >= 15 is 0 Å². The number of fused-ring (bicyclic) bond motifs is 1. The zero-order chi connectivity index (χ0) is 22.5. The van der Waals surface area contributed by atoms with E-state index in [9.17, 15) is 4.79 Å². The molecule has 0 aliphatic heterocycles. The van der Waals surface area contributed by atoms with Crippen LogP contribution in [0, 0.1) is 13.8 Å². The lowest BCUT2D eigenvalue weighted by molar-refractivity contribution is -0.120. The highest BCUT2D eigenvalue weighted by molar-refractivity contribution is 7.22. The minimum absolute atomic E-state index is 0.00305. The van der Waals surface area contributed by atoms with E-state index in [1.807, 2.05) is 26.2 Å². The summed E-state index contributed by atoms with van der Waals surface area (Å²) in [6.45, 7) is 10.0. The molecule has 1 aromatic heterocycles. The van der Waals surface area contributed by atoms with E-state index in [1.54, 1.807) is 16.2 Å². The molecular formula is C25H33N3O2S. The van der Waals surface area contributed by atoms with Crippen LogP contribution in [0.1, 0.15) is 42.9 Å². The van der Waals surface area contributed by atoms with Crippen molar-refractivity contribution in [2.75, 3.05) is 38.7 Å². The fraction of sp³-hybridized carbons (Fsp3) is 0.440. The second-order valence-electron chi connectivity index (χ2n) is 8.57. The average molecular weight is 440 g/mol. The first-order valence-corrected chi connectivity index (χ1v) is 11.6. The lowest BCUT2D eigenvalue weighted by Crippen LogP contribution is -2.36. The molecule has 6 heteroatoms. The maximum atomic E-state index is 13.2. The van der Waals surface area contributed by atoms with Gasteiger partial charge in [0, 0.05) is 6.54 Å². The number of amides is 1. The number of aromatic nitrogens is 1. The van der Waals surface area contributed by atoms with E-state index in [0.29, 0.717) is 18.2 Å². The average Bonchev–Trinajstić information content (AvgIpc) is 3.17. The third-order valence-electron chi connectivity index (χ3n) is 5.50. The lowest BCUT2D eigenvalue weighted by Gasteiger charge is -2.21. The second kappa shape index (κ2) is 10.2. The van der Waals surface area contributed by atoms with Crippen molar-refractivity contribution in [2.24, 2.45) is 0 Å². The maximum Gasteiger partial charge on any atom is 0.266 e. The van der Waals surface area contributed by atoms with Gasteiger partial charge in [-0.25, -0.2) is 4.98 Å². The Morgan fingerprint density at radius 3 is 2.42 bits per heavy atom. The number of thiazole rings is 1. The molecule has 3 aromatic rings. The molecular weight excluding hydrogens is 406 g/mol. The number of anilines is 1. The van der Waals surface area contributed by atoms with Crippen LogP contribution in [0.3, 0.4) is 0 Å². The molecule has 0 bridgehead atoms. The highest BCUT2D eigenvalue weighted by Gasteiger charge is 2.21. The van der Waals surface area contributed by atoms with Gasteiger partial charge in [0.05, 0.1) is 10.2 Å². The van der Waals surface area contributed by atoms with Gasteiger partial charge in [0.2, 0.25) is 0 Å². The van der Waals surface area contributed by atoms with Crippen LogP contribution in [0.4, 0.5) is 5.13 Å². The molecule has 31 heavy (non-hydrogen) atoms. The quantitative estimate of drug-likeness (QED) is 0.448. The van der Waals surface area contributed by atoms with Crippen LogP contribution >= 0.6 is 11.3 Å². The van der Waals surface area contributed by atoms with Crippen LogP contribution in [0.25, 0.3) is 10.2 Å². The van der Waals surface area contributed by atoms with Crippen LogP contribution in [-0.2, 0) is 4.79 Å². The molecule has 1 amide bonds. The highest BCUT2D eigenvalue weighted by Crippen LogP contribution is 2.32. The summed E-state index contributed by atoms with van der Waals surface area (Å²) in [5, 5.41) is 0.742. The summed E-state index contributed by atoms with van der Waals surface area (Å²) in [5.41, 5.74) is 4.62. The Morgan fingerprint density at radius 2 is 1.77 bits per heavy atom. The summed E-state index contributed by atoms with van der Waals surface area (Å²) in [6, 6.07) is 12.2. The number of carbonyl (C=O) groups is 1. The van der Waals surface area contributed by atoms with E-state index in [4.69, 9.17) is 9.72 Å². The van der Waals surface area contributed by atoms with Gasteiger partial charge in [-0.2, -0.15) is 0 Å². The number of rotatable bonds is 9. The van der Waals surface area contributed by atoms with Crippen molar-refractivity contribution in [2.45, 2.75) is 40.0 Å². The molecule has 0 unspecified atom stereocenters. The molecule has 0 aliphatic rings. The topological polar surface area (TPSA) is 45.7 Å². The predicted molar refractivity (Wildman–Crippen MR) is 131 cm³/mol. The van der Waals surface area contributed by atoms with Crippen molar-refractivity contribution < 1.29 is 9.53 Å². The van der Waals surface area contributed by atoms with Gasteiger partial charge in [-0.05, 0) is 81.7 Å². The fourth-order valence-electron chi connectivity index (χ4n) is 3.37. The Hall–Kier alpha value is -2.44. The Balaban J connectivity index is 1.77. The van der Waals surface area contributed by atoms with Crippen molar-refractivity contribution in [1.82, 2.24) is 9.88 Å². The minimum Gasteiger partial charge on any atom is -0.484 e. The van der Waals surface area contributed by atoms with E-state index in [-0.39, 0.29) is 12.5 Å². The zero-order valence-corrected chi connectivity index (χ0v) is 20.3. The molecule has 0 saturated carbocycles. The molecule has 0 N–H and O–H groups in total. The smallest absolute Gasteiger partial charge is 0.266 e. The number of hydrogen-bond acceptors (Lipinski definition) is 5. The normalized spacial score (nSPS) is 11.5. The maximum absolute atomic E-state index is 13.2. The summed E-state index contributed by atoms with van der Waals surface area (Å²) in [4.78, 5) is 21.9. The Labute approximate surface area is 189 Å². The van der Waals surface area contributed by atoms with Crippen molar-refractivity contribution in [1.29, 1.82) is 0 Å². The third kappa shape index (κ3) is 5.83. The van der Waals surface area contributed by atoms with Crippen molar-refractivity contribution in [3.63, 3.8) is 0 Å². The monoisotopic (exact) mass is 439 g/mol. The van der Waals surface area contributed by atoms with Gasteiger partial charge in [0.25, 0.3) is 5.91 Å². The SMILES string of the molecule is Cc1ccc2sc(N(CCCN(C)C)C(=O)COc3ccc(C(C)C)cc3)nc2c1C. The first-order valence-electron chi connectivity index (χ1n) is 10.8. The van der Waals surface area contributed by atoms with Gasteiger partial charge in [0.1, 0.15) is 5.75 Å². The van der Waals surface area contributed by atoms with Crippen molar-refractivity contribution >= 4 is 32.6 Å². The summed E-state index contributed by atoms with van der Waals surface area (Å²) < 4.78 is 6.93. The van der Waals surface area contributed by atoms with Crippen LogP contribution in [-0.4, -0.2) is 49.6 Å². The number of carbonyl (C=O) groups excluding carboxylic acids is 1. The van der Waals surface area contributed by atoms with Gasteiger partial charge in [0.15, 0.2) is 11.7 Å². The molecule has 5 nitrogen and oxygen atoms in total. The zero-order valence-electron chi connectivity index (χ0n) is 19.4. The highest BCUT2D eigenvalue weighted by atomic mass is 32.1. The molecule has 0 aliphatic carbocycles. The molecule has 0 atom stereocenters. The molecule has 166 valence electrons. The lowest BCUT2D eigenvalue weighted by atomic mass is 10.0. The number of nitrogens with zero attached hydrogens (tertiary/aromatic N) is 3. The molecule has 1 heterocycles. The molecule has 2 aromatic carbocycles. The first-order chi connectivity index (χ1) is 14.8. The van der Waals surface area contributed by atoms with Crippen LogP contribution < -0.4 is 9.64 Å². The van der Waals surface area contributed by atoms with Gasteiger partial charge in [-0.3, -0.25) is 9.69 Å². The molecule has 0 saturated heterocycles. The predicted octanol–water partition coefficient (Wildman–Crippen LogP) is 5.40. The van der Waals surface area contributed by atoms with Crippen LogP contribution in [0.15, 0.2) is 36.4 Å². The number of hydrogen-bond donors (Lipinski definition) is 0. The van der Waals surface area contributed by atoms with E-state index in [0.717, 1.165) is 28.3 Å². The number of benzene rings is 2. The van der Waals surface area contributed by atoms with Crippen LogP contribution in [0.2, 0.25) is 0 Å². The largest absolute Gasteiger partial charge is 0.484 e. The van der Waals surface area contributed by atoms with Gasteiger partial charge in [-0.1, -0.05) is 43.4 Å². The van der Waals surface area contributed by atoms with Gasteiger partial charge < -0.3 is 9.64 Å². The Bertz CT molecular complexity index is 1030. The first kappa shape index (κ1) is 23.2. The second-order valence-corrected chi connectivity index (χ2v) is 9.57. The summed E-state index contributed by atoms with van der Waals surface area (Å²) in [5.74, 6) is 1.11. The van der Waals surface area contributed by atoms with Crippen LogP contribution in [0.5, 0.6) is 5.75 Å². The summed E-state index contributed by atoms with van der Waals surface area (Å²) in [7, 11) is 4.08. The summed E-state index contributed by atoms with van der Waals surface area (Å²) >= 11 is 1.57. The Morgan fingerprint density at radius 1 is 1.06 bits per heavy atom. The van der Waals surface area contributed by atoms with Crippen molar-refractivity contribution in [3.8, 4) is 5.75 Å². The molecule has 3 rings (SSSR count).